The van der Waals surface area contributed by atoms with Gasteiger partial charge < -0.3 is 9.84 Å². The van der Waals surface area contributed by atoms with Gasteiger partial charge in [-0.05, 0) is 20.8 Å². The lowest BCUT2D eigenvalue weighted by molar-refractivity contribution is -0.150. The molecule has 0 aliphatic rings. The summed E-state index contributed by atoms with van der Waals surface area (Å²) in [6.45, 7) is 5.70. The molecule has 56 valence electrons. The van der Waals surface area contributed by atoms with Crippen LogP contribution in [-0.4, -0.2) is 22.3 Å². The Balaban J connectivity index is 3.47. The monoisotopic (exact) mass is 196 g/mol. The Morgan fingerprint density at radius 2 is 2.00 bits per heavy atom. The molecule has 1 atom stereocenters. The van der Waals surface area contributed by atoms with Crippen LogP contribution < -0.4 is 0 Å². The number of aliphatic hydroxyl groups is 1. The second-order valence-electron chi connectivity index (χ2n) is 2.84. The van der Waals surface area contributed by atoms with Gasteiger partial charge in [0.1, 0.15) is 0 Å². The van der Waals surface area contributed by atoms with Crippen molar-refractivity contribution in [1.29, 1.82) is 0 Å². The summed E-state index contributed by atoms with van der Waals surface area (Å²) < 4.78 is 5.10. The van der Waals surface area contributed by atoms with Gasteiger partial charge in [0, 0.05) is 0 Å². The van der Waals surface area contributed by atoms with Gasteiger partial charge in [0.05, 0.1) is 10.9 Å². The maximum Gasteiger partial charge on any atom is 0.164 e. The molecule has 0 bridgehead atoms. The molecule has 1 unspecified atom stereocenters. The maximum atomic E-state index is 8.92. The first-order valence-electron chi connectivity index (χ1n) is 2.87. The molecule has 0 fully saturated rings. The average Bonchev–Trinajstić information content (AvgIpc) is 1.62. The lowest BCUT2D eigenvalue weighted by atomic mass is 10.2. The first kappa shape index (κ1) is 9.40. The van der Waals surface area contributed by atoms with Gasteiger partial charge in [0.2, 0.25) is 0 Å². The van der Waals surface area contributed by atoms with E-state index in [1.165, 1.54) is 0 Å². The van der Waals surface area contributed by atoms with E-state index in [2.05, 4.69) is 15.9 Å². The highest BCUT2D eigenvalue weighted by molar-refractivity contribution is 9.09. The fourth-order valence-electron chi connectivity index (χ4n) is 0.440. The Morgan fingerprint density at radius 1 is 1.56 bits per heavy atom. The van der Waals surface area contributed by atoms with Crippen molar-refractivity contribution >= 4 is 15.9 Å². The van der Waals surface area contributed by atoms with E-state index in [-0.39, 0.29) is 5.60 Å². The van der Waals surface area contributed by atoms with Crippen LogP contribution in [0.25, 0.3) is 0 Å². The lowest BCUT2D eigenvalue weighted by Crippen LogP contribution is -2.27. The van der Waals surface area contributed by atoms with Crippen LogP contribution >= 0.6 is 15.9 Å². The van der Waals surface area contributed by atoms with Crippen molar-refractivity contribution in [3.8, 4) is 0 Å². The molecule has 0 rings (SSSR count). The molecule has 0 saturated heterocycles. The van der Waals surface area contributed by atoms with E-state index in [0.29, 0.717) is 5.33 Å². The van der Waals surface area contributed by atoms with Crippen molar-refractivity contribution in [2.24, 2.45) is 0 Å². The van der Waals surface area contributed by atoms with Gasteiger partial charge >= 0.3 is 0 Å². The van der Waals surface area contributed by atoms with Crippen LogP contribution in [0.1, 0.15) is 20.8 Å². The van der Waals surface area contributed by atoms with Crippen molar-refractivity contribution in [2.45, 2.75) is 32.7 Å². The fraction of sp³-hybridized carbons (Fsp3) is 1.00. The Hall–Kier alpha value is 0.400. The smallest absolute Gasteiger partial charge is 0.164 e. The van der Waals surface area contributed by atoms with Crippen molar-refractivity contribution in [2.75, 3.05) is 5.33 Å². The van der Waals surface area contributed by atoms with Crippen LogP contribution in [-0.2, 0) is 4.74 Å². The van der Waals surface area contributed by atoms with E-state index in [1.54, 1.807) is 0 Å². The Morgan fingerprint density at radius 3 is 2.11 bits per heavy atom. The predicted octanol–water partition coefficient (Wildman–Crippen LogP) is 1.51. The number of alkyl halides is 1. The molecule has 0 spiro atoms. The molecule has 0 aliphatic carbocycles. The number of hydrogen-bond donors (Lipinski definition) is 1. The summed E-state index contributed by atoms with van der Waals surface area (Å²) in [4.78, 5) is 0. The van der Waals surface area contributed by atoms with Crippen LogP contribution in [0.5, 0.6) is 0 Å². The summed E-state index contributed by atoms with van der Waals surface area (Å²) in [5.74, 6) is 0. The van der Waals surface area contributed by atoms with E-state index in [0.717, 1.165) is 0 Å². The van der Waals surface area contributed by atoms with E-state index >= 15 is 0 Å². The normalized spacial score (nSPS) is 15.7. The van der Waals surface area contributed by atoms with E-state index in [4.69, 9.17) is 9.84 Å². The first-order chi connectivity index (χ1) is 3.95. The second-order valence-corrected chi connectivity index (χ2v) is 3.49. The first-order valence-corrected chi connectivity index (χ1v) is 4.00. The van der Waals surface area contributed by atoms with E-state index in [1.807, 2.05) is 20.8 Å². The number of aliphatic hydroxyl groups excluding tert-OH is 1. The third kappa shape index (κ3) is 6.28. The van der Waals surface area contributed by atoms with Gasteiger partial charge in [0.25, 0.3) is 0 Å². The van der Waals surface area contributed by atoms with Crippen molar-refractivity contribution in [3.63, 3.8) is 0 Å². The van der Waals surface area contributed by atoms with E-state index in [9.17, 15) is 0 Å². The van der Waals surface area contributed by atoms with Gasteiger partial charge in [-0.2, -0.15) is 0 Å². The zero-order valence-electron chi connectivity index (χ0n) is 6.02. The Labute approximate surface area is 64.3 Å². The van der Waals surface area contributed by atoms with Gasteiger partial charge in [0.15, 0.2) is 6.29 Å². The summed E-state index contributed by atoms with van der Waals surface area (Å²) in [5, 5.41) is 9.39. The van der Waals surface area contributed by atoms with Crippen molar-refractivity contribution in [1.82, 2.24) is 0 Å². The van der Waals surface area contributed by atoms with Crippen LogP contribution in [0.3, 0.4) is 0 Å². The van der Waals surface area contributed by atoms with Gasteiger partial charge in [-0.1, -0.05) is 15.9 Å². The zero-order chi connectivity index (χ0) is 7.49. The average molecular weight is 197 g/mol. The van der Waals surface area contributed by atoms with Crippen molar-refractivity contribution in [3.05, 3.63) is 0 Å². The maximum absolute atomic E-state index is 8.92. The Bertz CT molecular complexity index is 77.6. The minimum atomic E-state index is -0.690. The second kappa shape index (κ2) is 3.54. The molecule has 0 heterocycles. The number of hydrogen-bond acceptors (Lipinski definition) is 2. The molecule has 0 amide bonds. The summed E-state index contributed by atoms with van der Waals surface area (Å²) in [6, 6.07) is 0. The van der Waals surface area contributed by atoms with Gasteiger partial charge in [-0.15, -0.1) is 0 Å². The molecule has 0 saturated carbocycles. The highest BCUT2D eigenvalue weighted by Gasteiger charge is 2.14. The quantitative estimate of drug-likeness (QED) is 0.537. The summed E-state index contributed by atoms with van der Waals surface area (Å²) in [7, 11) is 0. The van der Waals surface area contributed by atoms with Crippen LogP contribution in [0.2, 0.25) is 0 Å². The molecule has 0 radical (unpaired) electrons. The molecule has 0 aromatic carbocycles. The summed E-state index contributed by atoms with van der Waals surface area (Å²) in [6.07, 6.45) is -0.690. The zero-order valence-corrected chi connectivity index (χ0v) is 7.60. The number of ether oxygens (including phenoxy) is 1. The van der Waals surface area contributed by atoms with Gasteiger partial charge in [-0.3, -0.25) is 0 Å². The standard InChI is InChI=1S/C6H13BrO2/c1-6(2,3)9-5(8)4-7/h5,8H,4H2,1-3H3. The molecule has 0 aromatic rings. The molecule has 1 N–H and O–H groups in total. The lowest BCUT2D eigenvalue weighted by Gasteiger charge is -2.22. The van der Waals surface area contributed by atoms with Crippen LogP contribution in [0.4, 0.5) is 0 Å². The summed E-state index contributed by atoms with van der Waals surface area (Å²) >= 11 is 3.09. The Kier molecular flexibility index (Phi) is 3.70. The van der Waals surface area contributed by atoms with E-state index < -0.39 is 6.29 Å². The third-order valence-corrected chi connectivity index (χ3v) is 1.18. The molecule has 3 heteroatoms. The van der Waals surface area contributed by atoms with Gasteiger partial charge in [-0.25, -0.2) is 0 Å². The SMILES string of the molecule is CC(C)(C)OC(O)CBr. The highest BCUT2D eigenvalue weighted by atomic mass is 79.9. The van der Waals surface area contributed by atoms with Crippen molar-refractivity contribution < 1.29 is 9.84 Å². The topological polar surface area (TPSA) is 29.5 Å². The summed E-state index contributed by atoms with van der Waals surface area (Å²) in [5.41, 5.74) is -0.257. The molecule has 0 aliphatic heterocycles. The molecule has 9 heavy (non-hydrogen) atoms. The minimum absolute atomic E-state index is 0.257. The van der Waals surface area contributed by atoms with Crippen LogP contribution in [0.15, 0.2) is 0 Å². The minimum Gasteiger partial charge on any atom is -0.367 e. The molecule has 2 nitrogen and oxygen atoms in total. The molecule has 0 aromatic heterocycles. The number of rotatable bonds is 2. The third-order valence-electron chi connectivity index (χ3n) is 0.622. The molecular weight excluding hydrogens is 184 g/mol. The number of halogens is 1. The fourth-order valence-corrected chi connectivity index (χ4v) is 0.572. The largest absolute Gasteiger partial charge is 0.367 e. The van der Waals surface area contributed by atoms with Crippen LogP contribution in [0, 0.1) is 0 Å². The highest BCUT2D eigenvalue weighted by Crippen LogP contribution is 2.09. The molecular formula is C6H13BrO2. The predicted molar refractivity (Wildman–Crippen MR) is 40.6 cm³/mol.